The van der Waals surface area contributed by atoms with Gasteiger partial charge in [-0.05, 0) is 104 Å². The van der Waals surface area contributed by atoms with E-state index in [2.05, 4.69) is 34.6 Å². The zero-order valence-corrected chi connectivity index (χ0v) is 19.3. The lowest BCUT2D eigenvalue weighted by Crippen LogP contribution is -2.56. The predicted octanol–water partition coefficient (Wildman–Crippen LogP) is 7.08. The average molecular weight is 387 g/mol. The van der Waals surface area contributed by atoms with Gasteiger partial charge in [0.2, 0.25) is 0 Å². The quantitative estimate of drug-likeness (QED) is 0.535. The summed E-state index contributed by atoms with van der Waals surface area (Å²) in [5.74, 6) is 6.17. The van der Waals surface area contributed by atoms with E-state index in [1.807, 2.05) is 0 Å². The Morgan fingerprint density at radius 1 is 0.929 bits per heavy atom. The molecule has 28 heavy (non-hydrogen) atoms. The Morgan fingerprint density at radius 3 is 2.43 bits per heavy atom. The van der Waals surface area contributed by atoms with E-state index in [4.69, 9.17) is 0 Å². The second-order valence-electron chi connectivity index (χ2n) is 13.1. The number of aliphatic hydroxyl groups excluding tert-OH is 1. The molecule has 1 N–H and O–H groups in total. The van der Waals surface area contributed by atoms with Crippen molar-refractivity contribution in [2.75, 3.05) is 0 Å². The molecular formula is C27H46O. The number of hydrogen-bond acceptors (Lipinski definition) is 1. The molecule has 1 nitrogen and oxygen atoms in total. The minimum atomic E-state index is 0.0103. The highest BCUT2D eigenvalue weighted by molar-refractivity contribution is 5.25. The SMILES string of the molecule is CC(C)CCC[C@H](C)[C@@H]1CC[C@@H]2[C@@H]3C[C@H](O)[C@]45C[C@H]4CC[C@]5(C)[C@H]3CC[C@]21C. The first-order valence-electron chi connectivity index (χ1n) is 12.9. The molecule has 0 aromatic heterocycles. The maximum Gasteiger partial charge on any atom is 0.0607 e. The Labute approximate surface area is 174 Å². The van der Waals surface area contributed by atoms with E-state index < -0.39 is 0 Å². The summed E-state index contributed by atoms with van der Waals surface area (Å²) < 4.78 is 0. The van der Waals surface area contributed by atoms with Crippen molar-refractivity contribution in [1.82, 2.24) is 0 Å². The van der Waals surface area contributed by atoms with Gasteiger partial charge in [0.15, 0.2) is 0 Å². The van der Waals surface area contributed by atoms with Gasteiger partial charge in [0.05, 0.1) is 6.10 Å². The van der Waals surface area contributed by atoms with Gasteiger partial charge in [0.1, 0.15) is 0 Å². The molecule has 5 fully saturated rings. The molecule has 5 saturated carbocycles. The molecule has 0 aromatic carbocycles. The summed E-state index contributed by atoms with van der Waals surface area (Å²) >= 11 is 0. The van der Waals surface area contributed by atoms with Crippen molar-refractivity contribution < 1.29 is 5.11 Å². The summed E-state index contributed by atoms with van der Waals surface area (Å²) in [6.45, 7) is 12.6. The lowest BCUT2D eigenvalue weighted by molar-refractivity contribution is -0.152. The normalized spacial score (nSPS) is 55.4. The molecule has 1 heteroatoms. The van der Waals surface area contributed by atoms with Crippen LogP contribution in [0.3, 0.4) is 0 Å². The Kier molecular flexibility index (Phi) is 4.60. The topological polar surface area (TPSA) is 20.2 Å². The summed E-state index contributed by atoms with van der Waals surface area (Å²) in [6, 6.07) is 0. The molecule has 0 amide bonds. The van der Waals surface area contributed by atoms with Crippen molar-refractivity contribution in [1.29, 1.82) is 0 Å². The molecule has 5 aliphatic rings. The van der Waals surface area contributed by atoms with Gasteiger partial charge < -0.3 is 5.11 Å². The van der Waals surface area contributed by atoms with E-state index in [-0.39, 0.29) is 6.10 Å². The van der Waals surface area contributed by atoms with Crippen molar-refractivity contribution in [3.05, 3.63) is 0 Å². The fourth-order valence-corrected chi connectivity index (χ4v) is 10.3. The van der Waals surface area contributed by atoms with Crippen LogP contribution in [0.25, 0.3) is 0 Å². The van der Waals surface area contributed by atoms with E-state index in [0.717, 1.165) is 47.8 Å². The zero-order chi connectivity index (χ0) is 19.9. The van der Waals surface area contributed by atoms with Gasteiger partial charge in [-0.15, -0.1) is 0 Å². The lowest BCUT2D eigenvalue weighted by Gasteiger charge is -2.60. The Bertz CT molecular complexity index is 611. The van der Waals surface area contributed by atoms with E-state index in [9.17, 15) is 5.11 Å². The van der Waals surface area contributed by atoms with Crippen LogP contribution in [-0.2, 0) is 0 Å². The number of rotatable bonds is 5. The first-order chi connectivity index (χ1) is 13.2. The van der Waals surface area contributed by atoms with E-state index >= 15 is 0 Å². The molecule has 0 saturated heterocycles. The molecule has 0 unspecified atom stereocenters. The third-order valence-electron chi connectivity index (χ3n) is 11.8. The van der Waals surface area contributed by atoms with Crippen LogP contribution in [0.1, 0.15) is 105 Å². The monoisotopic (exact) mass is 386 g/mol. The van der Waals surface area contributed by atoms with Crippen molar-refractivity contribution in [2.24, 2.45) is 57.7 Å². The zero-order valence-electron chi connectivity index (χ0n) is 19.3. The minimum absolute atomic E-state index is 0.0103. The minimum Gasteiger partial charge on any atom is -0.393 e. The number of fused-ring (bicyclic) bond motifs is 4. The van der Waals surface area contributed by atoms with Crippen molar-refractivity contribution in [2.45, 2.75) is 111 Å². The summed E-state index contributed by atoms with van der Waals surface area (Å²) in [5.41, 5.74) is 1.37. The standard InChI is InChI=1S/C27H46O/c1-17(2)7-6-8-18(3)21-9-10-22-20-15-24(28)27-16-19(27)11-14-26(27,5)23(20)12-13-25(21,22)4/h17-24,28H,6-16H2,1-5H3/t18-,19+,20-,21-,22+,23-,24-,25-,26+,27-/m0/s1. The molecule has 160 valence electrons. The molecule has 10 atom stereocenters. The van der Waals surface area contributed by atoms with Crippen molar-refractivity contribution in [3.8, 4) is 0 Å². The molecule has 1 spiro atoms. The largest absolute Gasteiger partial charge is 0.393 e. The molecule has 0 aromatic rings. The third-order valence-corrected chi connectivity index (χ3v) is 11.8. The second-order valence-corrected chi connectivity index (χ2v) is 13.1. The number of aliphatic hydroxyl groups is 1. The van der Waals surface area contributed by atoms with E-state index in [0.29, 0.717) is 16.2 Å². The van der Waals surface area contributed by atoms with Gasteiger partial charge in [-0.3, -0.25) is 0 Å². The highest BCUT2D eigenvalue weighted by Crippen LogP contribution is 2.81. The van der Waals surface area contributed by atoms with Crippen molar-refractivity contribution >= 4 is 0 Å². The van der Waals surface area contributed by atoms with Gasteiger partial charge in [-0.2, -0.15) is 0 Å². The van der Waals surface area contributed by atoms with Crippen LogP contribution >= 0.6 is 0 Å². The van der Waals surface area contributed by atoms with Crippen LogP contribution in [0.5, 0.6) is 0 Å². The first kappa shape index (κ1) is 19.9. The van der Waals surface area contributed by atoms with Crippen LogP contribution in [0, 0.1) is 57.7 Å². The molecule has 0 aliphatic heterocycles. The van der Waals surface area contributed by atoms with Gasteiger partial charge in [-0.1, -0.05) is 53.9 Å². The lowest BCUT2D eigenvalue weighted by atomic mass is 9.45. The van der Waals surface area contributed by atoms with Gasteiger partial charge in [-0.25, -0.2) is 0 Å². The van der Waals surface area contributed by atoms with E-state index in [1.54, 1.807) is 0 Å². The molecule has 5 aliphatic carbocycles. The molecule has 0 heterocycles. The molecular weight excluding hydrogens is 340 g/mol. The molecule has 0 bridgehead atoms. The fourth-order valence-electron chi connectivity index (χ4n) is 10.3. The second kappa shape index (κ2) is 6.48. The predicted molar refractivity (Wildman–Crippen MR) is 117 cm³/mol. The summed E-state index contributed by atoms with van der Waals surface area (Å²) in [4.78, 5) is 0. The van der Waals surface area contributed by atoms with Crippen LogP contribution in [0.2, 0.25) is 0 Å². The maximum absolute atomic E-state index is 11.3. The third kappa shape index (κ3) is 2.47. The smallest absolute Gasteiger partial charge is 0.0607 e. The summed E-state index contributed by atoms with van der Waals surface area (Å²) in [7, 11) is 0. The van der Waals surface area contributed by atoms with Gasteiger partial charge in [0, 0.05) is 5.41 Å². The van der Waals surface area contributed by atoms with Gasteiger partial charge in [0.25, 0.3) is 0 Å². The fraction of sp³-hybridized carbons (Fsp3) is 1.00. The van der Waals surface area contributed by atoms with Crippen LogP contribution in [0.15, 0.2) is 0 Å². The highest BCUT2D eigenvalue weighted by Gasteiger charge is 2.77. The van der Waals surface area contributed by atoms with Crippen LogP contribution in [0.4, 0.5) is 0 Å². The van der Waals surface area contributed by atoms with Crippen LogP contribution < -0.4 is 0 Å². The highest BCUT2D eigenvalue weighted by atomic mass is 16.3. The van der Waals surface area contributed by atoms with Gasteiger partial charge >= 0.3 is 0 Å². The Hall–Kier alpha value is -0.0400. The Balaban J connectivity index is 1.34. The first-order valence-corrected chi connectivity index (χ1v) is 12.9. The molecule has 5 rings (SSSR count). The average Bonchev–Trinajstić information content (AvgIpc) is 3.15. The summed E-state index contributed by atoms with van der Waals surface area (Å²) in [5, 5.41) is 11.3. The number of hydrogen-bond donors (Lipinski definition) is 1. The molecule has 0 radical (unpaired) electrons. The summed E-state index contributed by atoms with van der Waals surface area (Å²) in [6.07, 6.45) is 15.4. The maximum atomic E-state index is 11.3. The Morgan fingerprint density at radius 2 is 1.71 bits per heavy atom. The van der Waals surface area contributed by atoms with Crippen LogP contribution in [-0.4, -0.2) is 11.2 Å². The van der Waals surface area contributed by atoms with E-state index in [1.165, 1.54) is 64.2 Å². The van der Waals surface area contributed by atoms with Crippen molar-refractivity contribution in [3.63, 3.8) is 0 Å².